The van der Waals surface area contributed by atoms with Crippen molar-refractivity contribution in [3.63, 3.8) is 0 Å². The number of aryl methyl sites for hydroxylation is 2. The summed E-state index contributed by atoms with van der Waals surface area (Å²) in [4.78, 5) is 17.0. The van der Waals surface area contributed by atoms with Crippen LogP contribution in [-0.2, 0) is 12.7 Å². The quantitative estimate of drug-likeness (QED) is 0.353. The molecule has 7 nitrogen and oxygen atoms in total. The van der Waals surface area contributed by atoms with Gasteiger partial charge >= 0.3 is 6.18 Å². The molecule has 0 spiro atoms. The van der Waals surface area contributed by atoms with Crippen molar-refractivity contribution in [3.05, 3.63) is 83.9 Å². The lowest BCUT2D eigenvalue weighted by molar-refractivity contribution is -0.142. The molecule has 0 bridgehead atoms. The third-order valence-electron chi connectivity index (χ3n) is 5.61. The Balaban J connectivity index is 1.42. The SMILES string of the molecule is Cc1cnn(CCCNC(=O)c2cc3nc(-c4ccc5ccccc5c4)cc(C(F)(F)F)n3n2)c1. The van der Waals surface area contributed by atoms with Gasteiger partial charge in [-0.25, -0.2) is 9.50 Å². The fourth-order valence-electron chi connectivity index (χ4n) is 3.91. The van der Waals surface area contributed by atoms with Gasteiger partial charge in [0, 0.05) is 30.9 Å². The van der Waals surface area contributed by atoms with Gasteiger partial charge in [0.25, 0.3) is 5.91 Å². The van der Waals surface area contributed by atoms with Gasteiger partial charge in [-0.05, 0) is 41.8 Å². The molecule has 0 saturated carbocycles. The Kier molecular flexibility index (Phi) is 5.72. The molecule has 0 atom stereocenters. The van der Waals surface area contributed by atoms with Crippen LogP contribution in [0, 0.1) is 6.92 Å². The number of nitrogens with one attached hydrogen (secondary N) is 1. The van der Waals surface area contributed by atoms with Crippen LogP contribution in [0.2, 0.25) is 0 Å². The predicted molar refractivity (Wildman–Crippen MR) is 125 cm³/mol. The average molecular weight is 478 g/mol. The van der Waals surface area contributed by atoms with Crippen molar-refractivity contribution in [2.75, 3.05) is 6.54 Å². The zero-order valence-electron chi connectivity index (χ0n) is 18.8. The standard InChI is InChI=1S/C25H21F3N6O/c1-16-14-30-33(15-16)10-4-9-29-24(35)21-13-23-31-20(12-22(25(26,27)28)34(23)32-21)19-8-7-17-5-2-3-6-18(17)11-19/h2-3,5-8,11-15H,4,9-10H2,1H3,(H,29,35). The summed E-state index contributed by atoms with van der Waals surface area (Å²) in [5.74, 6) is -0.562. The number of hydrogen-bond acceptors (Lipinski definition) is 4. The van der Waals surface area contributed by atoms with Crippen molar-refractivity contribution >= 4 is 22.3 Å². The van der Waals surface area contributed by atoms with E-state index in [1.165, 1.54) is 6.07 Å². The molecule has 2 aromatic carbocycles. The molecule has 1 N–H and O–H groups in total. The third-order valence-corrected chi connectivity index (χ3v) is 5.61. The van der Waals surface area contributed by atoms with Crippen LogP contribution < -0.4 is 5.32 Å². The average Bonchev–Trinajstić information content (AvgIpc) is 3.46. The molecular weight excluding hydrogens is 457 g/mol. The molecule has 0 radical (unpaired) electrons. The van der Waals surface area contributed by atoms with E-state index in [1.807, 2.05) is 43.5 Å². The van der Waals surface area contributed by atoms with Crippen molar-refractivity contribution in [1.82, 2.24) is 29.7 Å². The highest BCUT2D eigenvalue weighted by atomic mass is 19.4. The molecule has 0 saturated heterocycles. The van der Waals surface area contributed by atoms with Crippen LogP contribution in [0.15, 0.2) is 67.0 Å². The fraction of sp³-hybridized carbons (Fsp3) is 0.200. The van der Waals surface area contributed by atoms with Gasteiger partial charge in [0.05, 0.1) is 11.9 Å². The first-order chi connectivity index (χ1) is 16.8. The Morgan fingerprint density at radius 2 is 1.86 bits per heavy atom. The minimum Gasteiger partial charge on any atom is -0.351 e. The highest BCUT2D eigenvalue weighted by Gasteiger charge is 2.35. The van der Waals surface area contributed by atoms with Crippen LogP contribution in [0.3, 0.4) is 0 Å². The number of rotatable bonds is 6. The van der Waals surface area contributed by atoms with E-state index in [-0.39, 0.29) is 17.0 Å². The zero-order valence-corrected chi connectivity index (χ0v) is 18.8. The molecule has 178 valence electrons. The van der Waals surface area contributed by atoms with E-state index in [2.05, 4.69) is 20.5 Å². The number of halogens is 3. The summed E-state index contributed by atoms with van der Waals surface area (Å²) in [5, 5.41) is 12.6. The number of amides is 1. The highest BCUT2D eigenvalue weighted by Crippen LogP contribution is 2.33. The highest BCUT2D eigenvalue weighted by molar-refractivity contribution is 5.93. The molecule has 0 aliphatic carbocycles. The van der Waals surface area contributed by atoms with Crippen LogP contribution in [0.5, 0.6) is 0 Å². The van der Waals surface area contributed by atoms with Crippen LogP contribution in [0.4, 0.5) is 13.2 Å². The van der Waals surface area contributed by atoms with E-state index in [0.29, 0.717) is 29.6 Å². The number of carbonyl (C=O) groups excluding carboxylic acids is 1. The number of benzene rings is 2. The smallest absolute Gasteiger partial charge is 0.351 e. The summed E-state index contributed by atoms with van der Waals surface area (Å²) in [6, 6.07) is 15.2. The maximum absolute atomic E-state index is 13.9. The van der Waals surface area contributed by atoms with Gasteiger partial charge < -0.3 is 5.32 Å². The monoisotopic (exact) mass is 478 g/mol. The van der Waals surface area contributed by atoms with Gasteiger partial charge in [0.2, 0.25) is 0 Å². The second-order valence-corrected chi connectivity index (χ2v) is 8.28. The van der Waals surface area contributed by atoms with Gasteiger partial charge in [0.1, 0.15) is 0 Å². The van der Waals surface area contributed by atoms with E-state index in [9.17, 15) is 18.0 Å². The topological polar surface area (TPSA) is 77.1 Å². The molecule has 1 amide bonds. The Morgan fingerprint density at radius 3 is 2.60 bits per heavy atom. The molecule has 0 aliphatic heterocycles. The number of hydrogen-bond donors (Lipinski definition) is 1. The number of aromatic nitrogens is 5. The van der Waals surface area contributed by atoms with Crippen molar-refractivity contribution in [2.45, 2.75) is 26.1 Å². The summed E-state index contributed by atoms with van der Waals surface area (Å²) in [7, 11) is 0. The first-order valence-electron chi connectivity index (χ1n) is 11.0. The molecule has 3 aromatic heterocycles. The summed E-state index contributed by atoms with van der Waals surface area (Å²) < 4.78 is 44.1. The Bertz CT molecular complexity index is 1540. The van der Waals surface area contributed by atoms with Crippen molar-refractivity contribution in [3.8, 4) is 11.3 Å². The zero-order chi connectivity index (χ0) is 24.6. The van der Waals surface area contributed by atoms with Crippen molar-refractivity contribution < 1.29 is 18.0 Å². The minimum atomic E-state index is -4.69. The Labute approximate surface area is 198 Å². The fourth-order valence-corrected chi connectivity index (χ4v) is 3.91. The van der Waals surface area contributed by atoms with Crippen LogP contribution in [0.25, 0.3) is 27.7 Å². The van der Waals surface area contributed by atoms with Crippen molar-refractivity contribution in [1.29, 1.82) is 0 Å². The molecule has 0 unspecified atom stereocenters. The van der Waals surface area contributed by atoms with Crippen LogP contribution in [-0.4, -0.2) is 36.8 Å². The second-order valence-electron chi connectivity index (χ2n) is 8.28. The Morgan fingerprint density at radius 1 is 1.06 bits per heavy atom. The first kappa shape index (κ1) is 22.6. The van der Waals surface area contributed by atoms with E-state index in [4.69, 9.17) is 0 Å². The summed E-state index contributed by atoms with van der Waals surface area (Å²) in [6.07, 6.45) is -0.444. The van der Waals surface area contributed by atoms with Gasteiger partial charge in [0.15, 0.2) is 17.0 Å². The molecule has 0 fully saturated rings. The van der Waals surface area contributed by atoms with E-state index < -0.39 is 17.8 Å². The van der Waals surface area contributed by atoms with Gasteiger partial charge in [-0.3, -0.25) is 9.48 Å². The summed E-state index contributed by atoms with van der Waals surface area (Å²) in [6.45, 7) is 2.87. The van der Waals surface area contributed by atoms with Gasteiger partial charge in [-0.1, -0.05) is 36.4 Å². The predicted octanol–water partition coefficient (Wildman–Crippen LogP) is 4.89. The molecule has 0 aliphatic rings. The van der Waals surface area contributed by atoms with Crippen LogP contribution >= 0.6 is 0 Å². The normalized spacial score (nSPS) is 11.9. The second kappa shape index (κ2) is 8.86. The van der Waals surface area contributed by atoms with Crippen molar-refractivity contribution in [2.24, 2.45) is 0 Å². The molecule has 3 heterocycles. The number of fused-ring (bicyclic) bond motifs is 2. The Hall–Kier alpha value is -4.21. The van der Waals surface area contributed by atoms with Crippen LogP contribution in [0.1, 0.15) is 28.2 Å². The van der Waals surface area contributed by atoms with E-state index >= 15 is 0 Å². The van der Waals surface area contributed by atoms with Gasteiger partial charge in [-0.2, -0.15) is 23.4 Å². The molecule has 35 heavy (non-hydrogen) atoms. The largest absolute Gasteiger partial charge is 0.433 e. The maximum atomic E-state index is 13.9. The minimum absolute atomic E-state index is 0.0554. The van der Waals surface area contributed by atoms with Gasteiger partial charge in [-0.15, -0.1) is 0 Å². The number of alkyl halides is 3. The number of carbonyl (C=O) groups is 1. The maximum Gasteiger partial charge on any atom is 0.433 e. The molecule has 5 rings (SSSR count). The summed E-state index contributed by atoms with van der Waals surface area (Å²) in [5.41, 5.74) is 0.539. The van der Waals surface area contributed by atoms with E-state index in [0.717, 1.165) is 22.4 Å². The summed E-state index contributed by atoms with van der Waals surface area (Å²) >= 11 is 0. The number of nitrogens with zero attached hydrogens (tertiary/aromatic N) is 5. The molecule has 5 aromatic rings. The molecule has 10 heteroatoms. The first-order valence-corrected chi connectivity index (χ1v) is 11.0. The lowest BCUT2D eigenvalue weighted by Gasteiger charge is -2.11. The lowest BCUT2D eigenvalue weighted by atomic mass is 10.0. The van der Waals surface area contributed by atoms with E-state index in [1.54, 1.807) is 23.0 Å². The lowest BCUT2D eigenvalue weighted by Crippen LogP contribution is -2.26. The molecular formula is C25H21F3N6O. The third kappa shape index (κ3) is 4.72.